The molecule has 0 unspecified atom stereocenters. The normalized spacial score (nSPS) is 17.4. The SMILES string of the molecule is COc1ccc(COC(=O)[C@]2(c3cccc(F)c3C)C=C(c3ccc4c(c3)ncn4C)CC2)cc1. The van der Waals surface area contributed by atoms with Crippen LogP contribution in [0.25, 0.3) is 16.6 Å². The van der Waals surface area contributed by atoms with E-state index in [1.54, 1.807) is 26.4 Å². The maximum atomic E-state index is 14.6. The van der Waals surface area contributed by atoms with Gasteiger partial charge in [0.15, 0.2) is 0 Å². The Kier molecular flexibility index (Phi) is 5.89. The number of ether oxygens (including phenoxy) is 2. The van der Waals surface area contributed by atoms with Gasteiger partial charge >= 0.3 is 5.97 Å². The molecule has 1 aliphatic rings. The Morgan fingerprint density at radius 1 is 1.14 bits per heavy atom. The van der Waals surface area contributed by atoms with Gasteiger partial charge in [-0.1, -0.05) is 36.4 Å². The van der Waals surface area contributed by atoms with Crippen molar-refractivity contribution in [3.05, 3.63) is 101 Å². The standard InChI is InChI=1S/C29H27FN2O3/c1-19-24(5-4-6-25(19)30)29(28(33)35-17-20-7-10-23(34-3)11-8-20)14-13-22(16-29)21-9-12-27-26(15-21)31-18-32(27)2/h4-12,15-16,18H,13-14,17H2,1-3H3/t29-/m0/s1. The van der Waals surface area contributed by atoms with Crippen LogP contribution in [0.15, 0.2) is 73.1 Å². The number of fused-ring (bicyclic) bond motifs is 1. The van der Waals surface area contributed by atoms with E-state index in [1.165, 1.54) is 6.07 Å². The van der Waals surface area contributed by atoms with E-state index < -0.39 is 5.41 Å². The first-order valence-corrected chi connectivity index (χ1v) is 11.6. The monoisotopic (exact) mass is 470 g/mol. The van der Waals surface area contributed by atoms with Crippen LogP contribution in [0.2, 0.25) is 0 Å². The number of esters is 1. The van der Waals surface area contributed by atoms with Gasteiger partial charge < -0.3 is 14.0 Å². The lowest BCUT2D eigenvalue weighted by Gasteiger charge is -2.27. The van der Waals surface area contributed by atoms with Crippen LogP contribution >= 0.6 is 0 Å². The average Bonchev–Trinajstić information content (AvgIpc) is 3.49. The van der Waals surface area contributed by atoms with Crippen molar-refractivity contribution in [2.45, 2.75) is 31.8 Å². The first kappa shape index (κ1) is 22.8. The summed E-state index contributed by atoms with van der Waals surface area (Å²) in [5.74, 6) is 0.0256. The summed E-state index contributed by atoms with van der Waals surface area (Å²) in [4.78, 5) is 18.2. The molecule has 4 aromatic rings. The van der Waals surface area contributed by atoms with E-state index in [0.29, 0.717) is 24.0 Å². The van der Waals surface area contributed by atoms with Crippen molar-refractivity contribution < 1.29 is 18.7 Å². The summed E-state index contributed by atoms with van der Waals surface area (Å²) in [5.41, 5.74) is 4.88. The van der Waals surface area contributed by atoms with Crippen molar-refractivity contribution >= 4 is 22.6 Å². The Hall–Kier alpha value is -3.93. The molecule has 5 nitrogen and oxygen atoms in total. The number of hydrogen-bond acceptors (Lipinski definition) is 4. The van der Waals surface area contributed by atoms with Crippen molar-refractivity contribution in [2.75, 3.05) is 7.11 Å². The minimum Gasteiger partial charge on any atom is -0.497 e. The number of hydrogen-bond donors (Lipinski definition) is 0. The van der Waals surface area contributed by atoms with E-state index in [4.69, 9.17) is 9.47 Å². The van der Waals surface area contributed by atoms with Crippen molar-refractivity contribution in [3.63, 3.8) is 0 Å². The summed E-state index contributed by atoms with van der Waals surface area (Å²) in [6.45, 7) is 1.84. The molecule has 0 amide bonds. The molecule has 0 saturated heterocycles. The third-order valence-corrected chi connectivity index (χ3v) is 6.95. The molecule has 1 atom stereocenters. The summed E-state index contributed by atoms with van der Waals surface area (Å²) in [6, 6.07) is 18.4. The number of carbonyl (C=O) groups excluding carboxylic acids is 1. The largest absolute Gasteiger partial charge is 0.497 e. The van der Waals surface area contributed by atoms with Gasteiger partial charge in [0.05, 0.1) is 24.5 Å². The van der Waals surface area contributed by atoms with Gasteiger partial charge in [0.2, 0.25) is 0 Å². The molecule has 0 spiro atoms. The second-order valence-corrected chi connectivity index (χ2v) is 9.04. The molecular formula is C29H27FN2O3. The fraction of sp³-hybridized carbons (Fsp3) is 0.241. The number of aryl methyl sites for hydroxylation is 1. The van der Waals surface area contributed by atoms with Gasteiger partial charge in [0, 0.05) is 7.05 Å². The van der Waals surface area contributed by atoms with E-state index in [9.17, 15) is 9.18 Å². The van der Waals surface area contributed by atoms with Crippen LogP contribution in [-0.2, 0) is 28.6 Å². The van der Waals surface area contributed by atoms with E-state index in [2.05, 4.69) is 4.98 Å². The molecule has 178 valence electrons. The molecule has 0 saturated carbocycles. The molecule has 1 heterocycles. The minimum atomic E-state index is -1.06. The van der Waals surface area contributed by atoms with E-state index in [1.807, 2.05) is 66.2 Å². The highest BCUT2D eigenvalue weighted by atomic mass is 19.1. The second kappa shape index (κ2) is 9.02. The third-order valence-electron chi connectivity index (χ3n) is 6.95. The number of rotatable bonds is 6. The summed E-state index contributed by atoms with van der Waals surface area (Å²) in [7, 11) is 3.57. The molecule has 1 aliphatic carbocycles. The fourth-order valence-corrected chi connectivity index (χ4v) is 4.91. The molecular weight excluding hydrogens is 443 g/mol. The number of nitrogens with zero attached hydrogens (tertiary/aromatic N) is 2. The maximum Gasteiger partial charge on any atom is 0.320 e. The Morgan fingerprint density at radius 2 is 1.94 bits per heavy atom. The lowest BCUT2D eigenvalue weighted by Crippen LogP contribution is -2.34. The average molecular weight is 471 g/mol. The van der Waals surface area contributed by atoms with Crippen LogP contribution in [0, 0.1) is 12.7 Å². The number of benzene rings is 3. The Balaban J connectivity index is 1.51. The van der Waals surface area contributed by atoms with Crippen LogP contribution in [0.5, 0.6) is 5.75 Å². The van der Waals surface area contributed by atoms with Crippen LogP contribution < -0.4 is 4.74 Å². The van der Waals surface area contributed by atoms with Gasteiger partial charge in [0.25, 0.3) is 0 Å². The topological polar surface area (TPSA) is 53.4 Å². The Morgan fingerprint density at radius 3 is 2.71 bits per heavy atom. The second-order valence-electron chi connectivity index (χ2n) is 9.04. The number of aromatic nitrogens is 2. The zero-order valence-corrected chi connectivity index (χ0v) is 20.0. The predicted molar refractivity (Wildman–Crippen MR) is 134 cm³/mol. The maximum absolute atomic E-state index is 14.6. The number of methoxy groups -OCH3 is 1. The van der Waals surface area contributed by atoms with Crippen LogP contribution in [-0.4, -0.2) is 22.6 Å². The van der Waals surface area contributed by atoms with E-state index in [-0.39, 0.29) is 18.4 Å². The van der Waals surface area contributed by atoms with Crippen molar-refractivity contribution in [2.24, 2.45) is 7.05 Å². The first-order chi connectivity index (χ1) is 16.9. The lowest BCUT2D eigenvalue weighted by molar-refractivity contribution is -0.150. The van der Waals surface area contributed by atoms with Gasteiger partial charge in [-0.15, -0.1) is 0 Å². The molecule has 0 bridgehead atoms. The van der Waals surface area contributed by atoms with Gasteiger partial charge in [-0.05, 0) is 77.9 Å². The number of allylic oxidation sites excluding steroid dienone is 1. The summed E-state index contributed by atoms with van der Waals surface area (Å²) in [5, 5.41) is 0. The van der Waals surface area contributed by atoms with Gasteiger partial charge in [-0.2, -0.15) is 0 Å². The van der Waals surface area contributed by atoms with Crippen LogP contribution in [0.4, 0.5) is 4.39 Å². The van der Waals surface area contributed by atoms with E-state index >= 15 is 0 Å². The van der Waals surface area contributed by atoms with Gasteiger partial charge in [-0.25, -0.2) is 9.37 Å². The molecule has 0 radical (unpaired) electrons. The van der Waals surface area contributed by atoms with Crippen molar-refractivity contribution in [1.82, 2.24) is 9.55 Å². The van der Waals surface area contributed by atoms with Gasteiger partial charge in [0.1, 0.15) is 23.6 Å². The summed E-state index contributed by atoms with van der Waals surface area (Å²) in [6.07, 6.45) is 4.93. The summed E-state index contributed by atoms with van der Waals surface area (Å²) >= 11 is 0. The Bertz CT molecular complexity index is 1440. The third kappa shape index (κ3) is 4.09. The quantitative estimate of drug-likeness (QED) is 0.330. The zero-order chi connectivity index (χ0) is 24.6. The molecule has 35 heavy (non-hydrogen) atoms. The highest BCUT2D eigenvalue weighted by molar-refractivity contribution is 5.92. The smallest absolute Gasteiger partial charge is 0.320 e. The highest BCUT2D eigenvalue weighted by Gasteiger charge is 2.45. The first-order valence-electron chi connectivity index (χ1n) is 11.6. The molecule has 3 aromatic carbocycles. The minimum absolute atomic E-state index is 0.127. The van der Waals surface area contributed by atoms with E-state index in [0.717, 1.165) is 33.5 Å². The molecule has 1 aromatic heterocycles. The zero-order valence-electron chi connectivity index (χ0n) is 20.0. The molecule has 0 aliphatic heterocycles. The molecule has 0 N–H and O–H groups in total. The van der Waals surface area contributed by atoms with Crippen molar-refractivity contribution in [3.8, 4) is 5.75 Å². The molecule has 6 heteroatoms. The molecule has 5 rings (SSSR count). The van der Waals surface area contributed by atoms with Crippen LogP contribution in [0.1, 0.15) is 35.1 Å². The van der Waals surface area contributed by atoms with Crippen molar-refractivity contribution in [1.29, 1.82) is 0 Å². The predicted octanol–water partition coefficient (Wildman–Crippen LogP) is 5.89. The summed E-state index contributed by atoms with van der Waals surface area (Å²) < 4.78 is 27.6. The highest BCUT2D eigenvalue weighted by Crippen LogP contribution is 2.45. The Labute approximate surface area is 203 Å². The number of halogens is 1. The molecule has 0 fully saturated rings. The lowest BCUT2D eigenvalue weighted by atomic mass is 9.77. The number of imidazole rings is 1. The van der Waals surface area contributed by atoms with Gasteiger partial charge in [-0.3, -0.25) is 4.79 Å². The van der Waals surface area contributed by atoms with Crippen LogP contribution in [0.3, 0.4) is 0 Å². The number of carbonyl (C=O) groups is 1. The fourth-order valence-electron chi connectivity index (χ4n) is 4.91.